The van der Waals surface area contributed by atoms with Crippen LogP contribution in [0.5, 0.6) is 0 Å². The van der Waals surface area contributed by atoms with Gasteiger partial charge in [0.2, 0.25) is 0 Å². The Bertz CT molecular complexity index is 411. The summed E-state index contributed by atoms with van der Waals surface area (Å²) in [7, 11) is 0. The third kappa shape index (κ3) is 4.29. The van der Waals surface area contributed by atoms with Gasteiger partial charge in [0.25, 0.3) is 5.91 Å². The lowest BCUT2D eigenvalue weighted by Gasteiger charge is -2.32. The van der Waals surface area contributed by atoms with Gasteiger partial charge in [-0.3, -0.25) is 14.5 Å². The fraction of sp³-hybridized carbons (Fsp3) is 0.882. The summed E-state index contributed by atoms with van der Waals surface area (Å²) < 4.78 is 0. The van der Waals surface area contributed by atoms with Crippen LogP contribution in [0.2, 0.25) is 0 Å². The number of hydrogen-bond acceptors (Lipinski definition) is 4. The van der Waals surface area contributed by atoms with Gasteiger partial charge in [-0.15, -0.1) is 0 Å². The van der Waals surface area contributed by atoms with E-state index in [2.05, 4.69) is 5.32 Å². The monoisotopic (exact) mass is 310 g/mol. The maximum absolute atomic E-state index is 12.7. The Morgan fingerprint density at radius 3 is 2.32 bits per heavy atom. The van der Waals surface area contributed by atoms with Gasteiger partial charge in [-0.05, 0) is 46.5 Å². The number of amides is 1. The highest BCUT2D eigenvalue weighted by molar-refractivity contribution is 5.88. The van der Waals surface area contributed by atoms with Crippen LogP contribution in [0, 0.1) is 5.92 Å². The van der Waals surface area contributed by atoms with Crippen LogP contribution >= 0.6 is 0 Å². The van der Waals surface area contributed by atoms with E-state index in [0.29, 0.717) is 6.54 Å². The Morgan fingerprint density at radius 1 is 1.09 bits per heavy atom. The summed E-state index contributed by atoms with van der Waals surface area (Å²) in [6, 6.07) is -0.288. The Balaban J connectivity index is 2.00. The second-order valence-corrected chi connectivity index (χ2v) is 7.75. The molecule has 1 saturated carbocycles. The van der Waals surface area contributed by atoms with Crippen LogP contribution in [0.1, 0.15) is 65.7 Å². The van der Waals surface area contributed by atoms with E-state index in [1.54, 1.807) is 4.90 Å². The van der Waals surface area contributed by atoms with Crippen molar-refractivity contribution in [2.45, 2.75) is 83.5 Å². The Hall–Kier alpha value is -0.940. The normalized spacial score (nSPS) is 25.9. The SMILES string of the molecule is CC(C)(C)NC(=O)C(O)N1CCCC1C(=O)C1CCCCC1. The van der Waals surface area contributed by atoms with Gasteiger partial charge in [-0.1, -0.05) is 19.3 Å². The average Bonchev–Trinajstić information content (AvgIpc) is 2.94. The highest BCUT2D eigenvalue weighted by atomic mass is 16.3. The summed E-state index contributed by atoms with van der Waals surface area (Å²) in [4.78, 5) is 26.6. The zero-order valence-corrected chi connectivity index (χ0v) is 14.1. The van der Waals surface area contributed by atoms with Crippen molar-refractivity contribution in [2.24, 2.45) is 5.92 Å². The number of rotatable bonds is 4. The van der Waals surface area contributed by atoms with Crippen molar-refractivity contribution in [3.8, 4) is 0 Å². The molecule has 0 aromatic rings. The largest absolute Gasteiger partial charge is 0.370 e. The lowest BCUT2D eigenvalue weighted by molar-refractivity contribution is -0.146. The minimum Gasteiger partial charge on any atom is -0.370 e. The third-order valence-electron chi connectivity index (χ3n) is 4.68. The van der Waals surface area contributed by atoms with E-state index in [4.69, 9.17) is 0 Å². The lowest BCUT2D eigenvalue weighted by atomic mass is 9.83. The number of aliphatic hydroxyl groups excluding tert-OH is 1. The van der Waals surface area contributed by atoms with Crippen LogP contribution in [0.15, 0.2) is 0 Å². The van der Waals surface area contributed by atoms with Crippen LogP contribution in [-0.4, -0.2) is 46.1 Å². The fourth-order valence-electron chi connectivity index (χ4n) is 3.63. The number of ketones is 1. The van der Waals surface area contributed by atoms with Gasteiger partial charge in [0.05, 0.1) is 6.04 Å². The molecule has 0 radical (unpaired) electrons. The first-order valence-electron chi connectivity index (χ1n) is 8.59. The predicted octanol–water partition coefficient (Wildman–Crippen LogP) is 1.83. The Kier molecular flexibility index (Phi) is 5.61. The van der Waals surface area contributed by atoms with Gasteiger partial charge in [0, 0.05) is 18.0 Å². The van der Waals surface area contributed by atoms with Crippen molar-refractivity contribution in [3.05, 3.63) is 0 Å². The molecule has 0 aromatic carbocycles. The number of hydrogen-bond donors (Lipinski definition) is 2. The molecule has 1 heterocycles. The van der Waals surface area contributed by atoms with Crippen molar-refractivity contribution in [1.29, 1.82) is 0 Å². The van der Waals surface area contributed by atoms with Crippen LogP contribution < -0.4 is 5.32 Å². The third-order valence-corrected chi connectivity index (χ3v) is 4.68. The van der Waals surface area contributed by atoms with Crippen molar-refractivity contribution >= 4 is 11.7 Å². The Morgan fingerprint density at radius 2 is 1.73 bits per heavy atom. The van der Waals surface area contributed by atoms with Crippen molar-refractivity contribution in [2.75, 3.05) is 6.54 Å². The van der Waals surface area contributed by atoms with Crippen LogP contribution in [0.25, 0.3) is 0 Å². The molecule has 1 amide bonds. The predicted molar refractivity (Wildman–Crippen MR) is 85.2 cm³/mol. The summed E-state index contributed by atoms with van der Waals surface area (Å²) in [5.41, 5.74) is -0.388. The first-order chi connectivity index (χ1) is 10.3. The van der Waals surface area contributed by atoms with E-state index in [1.165, 1.54) is 6.42 Å². The number of nitrogens with zero attached hydrogens (tertiary/aromatic N) is 1. The molecule has 1 saturated heterocycles. The number of Topliss-reactive ketones (excluding diaryl/α,β-unsaturated/α-hetero) is 1. The van der Waals surface area contributed by atoms with Gasteiger partial charge >= 0.3 is 0 Å². The van der Waals surface area contributed by atoms with E-state index in [0.717, 1.165) is 38.5 Å². The van der Waals surface area contributed by atoms with Crippen molar-refractivity contribution < 1.29 is 14.7 Å². The molecule has 2 rings (SSSR count). The second kappa shape index (κ2) is 7.09. The molecule has 0 bridgehead atoms. The van der Waals surface area contributed by atoms with Gasteiger partial charge in [0.15, 0.2) is 12.0 Å². The Labute approximate surface area is 133 Å². The zero-order valence-electron chi connectivity index (χ0n) is 14.1. The summed E-state index contributed by atoms with van der Waals surface area (Å²) >= 11 is 0. The van der Waals surface area contributed by atoms with Gasteiger partial charge in [-0.25, -0.2) is 0 Å². The van der Waals surface area contributed by atoms with E-state index >= 15 is 0 Å². The summed E-state index contributed by atoms with van der Waals surface area (Å²) in [6.07, 6.45) is 5.79. The molecular formula is C17H30N2O3. The first kappa shape index (κ1) is 17.4. The molecule has 1 aliphatic carbocycles. The minimum atomic E-state index is -1.22. The number of likely N-dealkylation sites (tertiary alicyclic amines) is 1. The zero-order chi connectivity index (χ0) is 16.3. The van der Waals surface area contributed by atoms with Crippen LogP contribution in [0.3, 0.4) is 0 Å². The van der Waals surface area contributed by atoms with Crippen LogP contribution in [0.4, 0.5) is 0 Å². The number of carbonyl (C=O) groups excluding carboxylic acids is 2. The molecule has 0 aromatic heterocycles. The molecular weight excluding hydrogens is 280 g/mol. The molecule has 5 heteroatoms. The molecule has 2 unspecified atom stereocenters. The maximum Gasteiger partial charge on any atom is 0.264 e. The standard InChI is InChI=1S/C17H30N2O3/c1-17(2,3)18-15(21)16(22)19-11-7-10-13(19)14(20)12-8-5-4-6-9-12/h12-13,16,22H,4-11H2,1-3H3,(H,18,21). The molecule has 2 aliphatic rings. The van der Waals surface area contributed by atoms with Crippen molar-refractivity contribution in [3.63, 3.8) is 0 Å². The smallest absolute Gasteiger partial charge is 0.264 e. The van der Waals surface area contributed by atoms with Crippen LogP contribution in [-0.2, 0) is 9.59 Å². The molecule has 22 heavy (non-hydrogen) atoms. The van der Waals surface area contributed by atoms with E-state index in [9.17, 15) is 14.7 Å². The van der Waals surface area contributed by atoms with E-state index < -0.39 is 12.1 Å². The van der Waals surface area contributed by atoms with Gasteiger partial charge in [-0.2, -0.15) is 0 Å². The van der Waals surface area contributed by atoms with Gasteiger partial charge < -0.3 is 10.4 Å². The first-order valence-corrected chi connectivity index (χ1v) is 8.59. The topological polar surface area (TPSA) is 69.6 Å². The quantitative estimate of drug-likeness (QED) is 0.831. The number of carbonyl (C=O) groups is 2. The molecule has 126 valence electrons. The summed E-state index contributed by atoms with van der Waals surface area (Å²) in [5, 5.41) is 13.2. The average molecular weight is 310 g/mol. The fourth-order valence-corrected chi connectivity index (χ4v) is 3.63. The summed E-state index contributed by atoms with van der Waals surface area (Å²) in [5.74, 6) is -0.0483. The molecule has 2 atom stereocenters. The number of aliphatic hydroxyl groups is 1. The van der Waals surface area contributed by atoms with E-state index in [-0.39, 0.29) is 23.3 Å². The van der Waals surface area contributed by atoms with Gasteiger partial charge in [0.1, 0.15) is 0 Å². The number of nitrogens with one attached hydrogen (secondary N) is 1. The molecule has 5 nitrogen and oxygen atoms in total. The molecule has 2 fully saturated rings. The van der Waals surface area contributed by atoms with E-state index in [1.807, 2.05) is 20.8 Å². The summed E-state index contributed by atoms with van der Waals surface area (Å²) in [6.45, 7) is 6.26. The second-order valence-electron chi connectivity index (χ2n) is 7.75. The molecule has 0 spiro atoms. The lowest BCUT2D eigenvalue weighted by Crippen LogP contribution is -2.55. The molecule has 2 N–H and O–H groups in total. The minimum absolute atomic E-state index is 0.122. The molecule has 1 aliphatic heterocycles. The highest BCUT2D eigenvalue weighted by Crippen LogP contribution is 2.30. The maximum atomic E-state index is 12.7. The van der Waals surface area contributed by atoms with Crippen molar-refractivity contribution in [1.82, 2.24) is 10.2 Å². The highest BCUT2D eigenvalue weighted by Gasteiger charge is 2.40.